The first-order valence-corrected chi connectivity index (χ1v) is 9.67. The SMILES string of the molecule is Cl.Cl.Cn1ccnc1C1CNCCN1C(=O)Cc1csc(-c2cccc(F)c2)n1. The predicted molar refractivity (Wildman–Crippen MR) is 116 cm³/mol. The normalized spacial score (nSPS) is 16.1. The van der Waals surface area contributed by atoms with Crippen LogP contribution in [0.3, 0.4) is 0 Å². The van der Waals surface area contributed by atoms with E-state index in [-0.39, 0.29) is 49.0 Å². The number of imidazole rings is 1. The van der Waals surface area contributed by atoms with Gasteiger partial charge >= 0.3 is 0 Å². The van der Waals surface area contributed by atoms with Crippen molar-refractivity contribution in [1.29, 1.82) is 0 Å². The highest BCUT2D eigenvalue weighted by atomic mass is 35.5. The molecule has 1 fully saturated rings. The number of piperazine rings is 1. The summed E-state index contributed by atoms with van der Waals surface area (Å²) in [5, 5.41) is 5.93. The monoisotopic (exact) mass is 457 g/mol. The first-order valence-electron chi connectivity index (χ1n) is 8.79. The number of aromatic nitrogens is 3. The average molecular weight is 458 g/mol. The molecule has 2 aromatic heterocycles. The number of amides is 1. The summed E-state index contributed by atoms with van der Waals surface area (Å²) in [5.74, 6) is 0.605. The van der Waals surface area contributed by atoms with Crippen LogP contribution in [0.5, 0.6) is 0 Å². The predicted octanol–water partition coefficient (Wildman–Crippen LogP) is 3.24. The van der Waals surface area contributed by atoms with Crippen molar-refractivity contribution in [2.75, 3.05) is 19.6 Å². The highest BCUT2D eigenvalue weighted by Crippen LogP contribution is 2.26. The topological polar surface area (TPSA) is 63.1 Å². The average Bonchev–Trinajstić information content (AvgIpc) is 3.31. The molecule has 0 bridgehead atoms. The molecule has 1 N–H and O–H groups in total. The molecule has 0 spiro atoms. The number of hydrogen-bond acceptors (Lipinski definition) is 5. The van der Waals surface area contributed by atoms with Gasteiger partial charge in [0.15, 0.2) is 0 Å². The fraction of sp³-hybridized carbons (Fsp3) is 0.316. The zero-order valence-electron chi connectivity index (χ0n) is 15.7. The lowest BCUT2D eigenvalue weighted by atomic mass is 10.1. The quantitative estimate of drug-likeness (QED) is 0.652. The molecule has 0 saturated carbocycles. The van der Waals surface area contributed by atoms with Crippen molar-refractivity contribution in [1.82, 2.24) is 24.8 Å². The third-order valence-electron chi connectivity index (χ3n) is 4.68. The molecule has 156 valence electrons. The molecule has 29 heavy (non-hydrogen) atoms. The molecular formula is C19H22Cl2FN5OS. The van der Waals surface area contributed by atoms with E-state index in [1.54, 1.807) is 12.3 Å². The first-order chi connectivity index (χ1) is 13.1. The minimum atomic E-state index is -0.293. The Bertz CT molecular complexity index is 963. The lowest BCUT2D eigenvalue weighted by molar-refractivity contribution is -0.134. The van der Waals surface area contributed by atoms with Gasteiger partial charge < -0.3 is 14.8 Å². The Hall–Kier alpha value is -2.00. The van der Waals surface area contributed by atoms with Crippen LogP contribution in [0.2, 0.25) is 0 Å². The van der Waals surface area contributed by atoms with Gasteiger partial charge in [-0.2, -0.15) is 0 Å². The van der Waals surface area contributed by atoms with Crippen LogP contribution in [0.4, 0.5) is 4.39 Å². The summed E-state index contributed by atoms with van der Waals surface area (Å²) in [5.41, 5.74) is 1.44. The Labute approximate surface area is 185 Å². The first kappa shape index (κ1) is 23.3. The van der Waals surface area contributed by atoms with Crippen molar-refractivity contribution < 1.29 is 9.18 Å². The summed E-state index contributed by atoms with van der Waals surface area (Å²) in [4.78, 5) is 23.8. The molecule has 0 aliphatic carbocycles. The van der Waals surface area contributed by atoms with Crippen molar-refractivity contribution in [3.8, 4) is 10.6 Å². The summed E-state index contributed by atoms with van der Waals surface area (Å²) in [6.07, 6.45) is 3.86. The van der Waals surface area contributed by atoms with Gasteiger partial charge in [-0.3, -0.25) is 4.79 Å². The van der Waals surface area contributed by atoms with Crippen LogP contribution < -0.4 is 5.32 Å². The van der Waals surface area contributed by atoms with Crippen molar-refractivity contribution in [2.24, 2.45) is 7.05 Å². The highest BCUT2D eigenvalue weighted by Gasteiger charge is 2.30. The van der Waals surface area contributed by atoms with Crippen LogP contribution in [0.1, 0.15) is 17.6 Å². The number of nitrogens with zero attached hydrogens (tertiary/aromatic N) is 4. The summed E-state index contributed by atoms with van der Waals surface area (Å²) in [6.45, 7) is 2.08. The van der Waals surface area contributed by atoms with Crippen LogP contribution in [0.15, 0.2) is 42.0 Å². The van der Waals surface area contributed by atoms with Gasteiger partial charge in [-0.15, -0.1) is 36.2 Å². The maximum absolute atomic E-state index is 13.4. The standard InChI is InChI=1S/C19H20FN5OS.2ClH/c1-24-7-6-22-18(24)16-11-21-5-8-25(16)17(26)10-15-12-27-19(23-15)13-3-2-4-14(20)9-13;;/h2-4,6-7,9,12,16,21H,5,8,10-11H2,1H3;2*1H. The number of thiazole rings is 1. The Morgan fingerprint density at radius 3 is 2.93 bits per heavy atom. The summed E-state index contributed by atoms with van der Waals surface area (Å²) in [6, 6.07) is 6.25. The van der Waals surface area contributed by atoms with Crippen molar-refractivity contribution in [2.45, 2.75) is 12.5 Å². The zero-order valence-corrected chi connectivity index (χ0v) is 18.2. The van der Waals surface area contributed by atoms with E-state index in [0.717, 1.165) is 22.9 Å². The molecule has 1 aliphatic heterocycles. The van der Waals surface area contributed by atoms with E-state index in [1.165, 1.54) is 23.5 Å². The van der Waals surface area contributed by atoms with Gasteiger partial charge in [0, 0.05) is 50.0 Å². The van der Waals surface area contributed by atoms with E-state index < -0.39 is 0 Å². The van der Waals surface area contributed by atoms with Gasteiger partial charge in [0.2, 0.25) is 5.91 Å². The minimum Gasteiger partial charge on any atom is -0.336 e. The van der Waals surface area contributed by atoms with Crippen LogP contribution in [-0.4, -0.2) is 45.0 Å². The number of aryl methyl sites for hydroxylation is 1. The third kappa shape index (κ3) is 5.14. The molecule has 6 nitrogen and oxygen atoms in total. The maximum atomic E-state index is 13.4. The number of halogens is 3. The van der Waals surface area contributed by atoms with E-state index in [0.29, 0.717) is 18.8 Å². The maximum Gasteiger partial charge on any atom is 0.229 e. The van der Waals surface area contributed by atoms with Gasteiger partial charge in [-0.05, 0) is 12.1 Å². The molecule has 1 aromatic carbocycles. The van der Waals surface area contributed by atoms with Gasteiger partial charge in [0.1, 0.15) is 22.7 Å². The largest absolute Gasteiger partial charge is 0.336 e. The second kappa shape index (κ2) is 10.2. The Kier molecular flexibility index (Phi) is 8.15. The molecule has 1 amide bonds. The minimum absolute atomic E-state index is 0. The molecule has 3 aromatic rings. The molecule has 0 radical (unpaired) electrons. The van der Waals surface area contributed by atoms with Gasteiger partial charge in [0.05, 0.1) is 12.1 Å². The van der Waals surface area contributed by atoms with Crippen molar-refractivity contribution in [3.05, 3.63) is 59.4 Å². The number of nitrogens with one attached hydrogen (secondary N) is 1. The zero-order chi connectivity index (χ0) is 18.8. The van der Waals surface area contributed by atoms with E-state index >= 15 is 0 Å². The fourth-order valence-corrected chi connectivity index (χ4v) is 4.15. The number of carbonyl (C=O) groups is 1. The fourth-order valence-electron chi connectivity index (χ4n) is 3.33. The number of hydrogen-bond donors (Lipinski definition) is 1. The number of rotatable bonds is 4. The third-order valence-corrected chi connectivity index (χ3v) is 5.62. The van der Waals surface area contributed by atoms with E-state index in [4.69, 9.17) is 0 Å². The van der Waals surface area contributed by atoms with E-state index in [9.17, 15) is 9.18 Å². The molecule has 3 heterocycles. The van der Waals surface area contributed by atoms with Crippen LogP contribution in [0, 0.1) is 5.82 Å². The summed E-state index contributed by atoms with van der Waals surface area (Å²) in [7, 11) is 1.94. The van der Waals surface area contributed by atoms with Gasteiger partial charge in [-0.25, -0.2) is 14.4 Å². The van der Waals surface area contributed by atoms with Gasteiger partial charge in [-0.1, -0.05) is 12.1 Å². The Balaban J connectivity index is 0.00000150. The molecule has 1 atom stereocenters. The van der Waals surface area contributed by atoms with Crippen molar-refractivity contribution in [3.63, 3.8) is 0 Å². The molecular weight excluding hydrogens is 436 g/mol. The molecule has 10 heteroatoms. The second-order valence-electron chi connectivity index (χ2n) is 6.53. The van der Waals surface area contributed by atoms with Gasteiger partial charge in [0.25, 0.3) is 0 Å². The lowest BCUT2D eigenvalue weighted by Crippen LogP contribution is -2.49. The number of carbonyl (C=O) groups excluding carboxylic acids is 1. The highest BCUT2D eigenvalue weighted by molar-refractivity contribution is 7.13. The van der Waals surface area contributed by atoms with Crippen LogP contribution >= 0.6 is 36.2 Å². The van der Waals surface area contributed by atoms with Crippen LogP contribution in [-0.2, 0) is 18.3 Å². The summed E-state index contributed by atoms with van der Waals surface area (Å²) < 4.78 is 15.4. The summed E-state index contributed by atoms with van der Waals surface area (Å²) >= 11 is 1.42. The molecule has 4 rings (SSSR count). The molecule has 1 unspecified atom stereocenters. The Morgan fingerprint density at radius 2 is 2.21 bits per heavy atom. The lowest BCUT2D eigenvalue weighted by Gasteiger charge is -2.35. The van der Waals surface area contributed by atoms with E-state index in [1.807, 2.05) is 34.2 Å². The molecule has 1 saturated heterocycles. The number of benzene rings is 1. The Morgan fingerprint density at radius 1 is 1.38 bits per heavy atom. The van der Waals surface area contributed by atoms with Crippen molar-refractivity contribution >= 4 is 42.1 Å². The van der Waals surface area contributed by atoms with E-state index in [2.05, 4.69) is 15.3 Å². The van der Waals surface area contributed by atoms with Crippen LogP contribution in [0.25, 0.3) is 10.6 Å². The molecule has 1 aliphatic rings. The second-order valence-corrected chi connectivity index (χ2v) is 7.39. The smallest absolute Gasteiger partial charge is 0.229 e.